The van der Waals surface area contributed by atoms with Gasteiger partial charge in [0.05, 0.1) is 6.61 Å². The molecule has 21 heavy (non-hydrogen) atoms. The zero-order valence-electron chi connectivity index (χ0n) is 12.5. The van der Waals surface area contributed by atoms with Gasteiger partial charge in [-0.15, -0.1) is 0 Å². The molecule has 1 aromatic carbocycles. The van der Waals surface area contributed by atoms with Crippen molar-refractivity contribution in [2.45, 2.75) is 38.6 Å². The third kappa shape index (κ3) is 4.93. The van der Waals surface area contributed by atoms with E-state index in [4.69, 9.17) is 9.84 Å². The molecule has 1 fully saturated rings. The molecule has 0 spiro atoms. The quantitative estimate of drug-likeness (QED) is 0.781. The van der Waals surface area contributed by atoms with Gasteiger partial charge in [-0.25, -0.2) is 4.79 Å². The van der Waals surface area contributed by atoms with Crippen molar-refractivity contribution in [1.29, 1.82) is 0 Å². The molecule has 116 valence electrons. The van der Waals surface area contributed by atoms with Crippen molar-refractivity contribution in [2.75, 3.05) is 18.5 Å². The molecule has 1 aliphatic carbocycles. The number of aliphatic hydroxyl groups is 1. The molecule has 2 amide bonds. The van der Waals surface area contributed by atoms with Crippen LogP contribution in [-0.2, 0) is 0 Å². The number of hydrogen-bond acceptors (Lipinski definition) is 3. The monoisotopic (exact) mass is 292 g/mol. The van der Waals surface area contributed by atoms with E-state index in [-0.39, 0.29) is 18.7 Å². The van der Waals surface area contributed by atoms with Crippen LogP contribution in [0.1, 0.15) is 32.6 Å². The Hall–Kier alpha value is -1.75. The molecule has 5 heteroatoms. The molecule has 0 bridgehead atoms. The topological polar surface area (TPSA) is 70.6 Å². The third-order valence-electron chi connectivity index (χ3n) is 3.86. The highest BCUT2D eigenvalue weighted by Crippen LogP contribution is 2.23. The lowest BCUT2D eigenvalue weighted by atomic mass is 9.87. The summed E-state index contributed by atoms with van der Waals surface area (Å²) in [6, 6.07) is 7.36. The van der Waals surface area contributed by atoms with Crippen molar-refractivity contribution in [1.82, 2.24) is 5.32 Å². The van der Waals surface area contributed by atoms with Crippen molar-refractivity contribution < 1.29 is 14.6 Å². The van der Waals surface area contributed by atoms with Crippen LogP contribution in [0.4, 0.5) is 10.5 Å². The number of ether oxygens (including phenoxy) is 1. The number of benzene rings is 1. The Labute approximate surface area is 125 Å². The largest absolute Gasteiger partial charge is 0.494 e. The van der Waals surface area contributed by atoms with E-state index in [0.29, 0.717) is 12.5 Å². The Balaban J connectivity index is 1.76. The van der Waals surface area contributed by atoms with E-state index in [1.165, 1.54) is 0 Å². The normalized spacial score (nSPS) is 21.6. The summed E-state index contributed by atoms with van der Waals surface area (Å²) in [6.07, 6.45) is 3.82. The summed E-state index contributed by atoms with van der Waals surface area (Å²) in [7, 11) is 0. The summed E-state index contributed by atoms with van der Waals surface area (Å²) in [4.78, 5) is 11.9. The second kappa shape index (κ2) is 7.88. The molecule has 5 nitrogen and oxygen atoms in total. The number of hydrogen-bond donors (Lipinski definition) is 3. The van der Waals surface area contributed by atoms with Crippen LogP contribution in [0.5, 0.6) is 5.75 Å². The van der Waals surface area contributed by atoms with Crippen molar-refractivity contribution >= 4 is 11.7 Å². The van der Waals surface area contributed by atoms with E-state index in [0.717, 1.165) is 37.1 Å². The fourth-order valence-electron chi connectivity index (χ4n) is 2.64. The molecular formula is C16H24N2O3. The zero-order valence-corrected chi connectivity index (χ0v) is 12.5. The first-order valence-corrected chi connectivity index (χ1v) is 7.62. The van der Waals surface area contributed by atoms with Crippen LogP contribution in [0.15, 0.2) is 24.3 Å². The molecule has 1 saturated carbocycles. The molecule has 0 unspecified atom stereocenters. The lowest BCUT2D eigenvalue weighted by molar-refractivity contribution is 0.176. The SMILES string of the molecule is CCOc1ccc(NC(=O)NC2CCC(CO)CC2)cc1. The summed E-state index contributed by atoms with van der Waals surface area (Å²) in [5, 5.41) is 14.9. The number of nitrogens with one attached hydrogen (secondary N) is 2. The van der Waals surface area contributed by atoms with Gasteiger partial charge in [0.15, 0.2) is 0 Å². The number of amides is 2. The second-order valence-electron chi connectivity index (χ2n) is 5.46. The number of carbonyl (C=O) groups excluding carboxylic acids is 1. The number of aliphatic hydroxyl groups excluding tert-OH is 1. The molecule has 0 aromatic heterocycles. The second-order valence-corrected chi connectivity index (χ2v) is 5.46. The summed E-state index contributed by atoms with van der Waals surface area (Å²) >= 11 is 0. The van der Waals surface area contributed by atoms with E-state index in [9.17, 15) is 4.79 Å². The Morgan fingerprint density at radius 3 is 2.48 bits per heavy atom. The van der Waals surface area contributed by atoms with Gasteiger partial charge in [0, 0.05) is 18.3 Å². The Kier molecular flexibility index (Phi) is 5.87. The maximum absolute atomic E-state index is 11.9. The van der Waals surface area contributed by atoms with Gasteiger partial charge in [-0.3, -0.25) is 0 Å². The molecule has 0 atom stereocenters. The van der Waals surface area contributed by atoms with Crippen LogP contribution in [-0.4, -0.2) is 30.4 Å². The predicted molar refractivity (Wildman–Crippen MR) is 82.6 cm³/mol. The minimum atomic E-state index is -0.174. The maximum atomic E-state index is 11.9. The molecule has 0 aliphatic heterocycles. The van der Waals surface area contributed by atoms with Gasteiger partial charge in [-0.05, 0) is 62.8 Å². The first-order valence-electron chi connectivity index (χ1n) is 7.62. The van der Waals surface area contributed by atoms with Crippen LogP contribution >= 0.6 is 0 Å². The Bertz CT molecular complexity index is 439. The van der Waals surface area contributed by atoms with Gasteiger partial charge >= 0.3 is 6.03 Å². The van der Waals surface area contributed by atoms with Crippen LogP contribution < -0.4 is 15.4 Å². The smallest absolute Gasteiger partial charge is 0.319 e. The minimum absolute atomic E-state index is 0.174. The van der Waals surface area contributed by atoms with Crippen LogP contribution in [0, 0.1) is 5.92 Å². The highest BCUT2D eigenvalue weighted by Gasteiger charge is 2.21. The van der Waals surface area contributed by atoms with Gasteiger partial charge in [-0.2, -0.15) is 0 Å². The van der Waals surface area contributed by atoms with Gasteiger partial charge in [0.1, 0.15) is 5.75 Å². The molecule has 2 rings (SSSR count). The molecule has 1 aliphatic rings. The summed E-state index contributed by atoms with van der Waals surface area (Å²) in [6.45, 7) is 2.82. The summed E-state index contributed by atoms with van der Waals surface area (Å²) < 4.78 is 5.36. The van der Waals surface area contributed by atoms with Gasteiger partial charge in [-0.1, -0.05) is 0 Å². The average Bonchev–Trinajstić information content (AvgIpc) is 2.50. The third-order valence-corrected chi connectivity index (χ3v) is 3.86. The molecule has 0 saturated heterocycles. The first-order chi connectivity index (χ1) is 10.2. The van der Waals surface area contributed by atoms with E-state index in [2.05, 4.69) is 10.6 Å². The van der Waals surface area contributed by atoms with Crippen LogP contribution in [0.2, 0.25) is 0 Å². The van der Waals surface area contributed by atoms with E-state index >= 15 is 0 Å². The van der Waals surface area contributed by atoms with E-state index < -0.39 is 0 Å². The standard InChI is InChI=1S/C16H24N2O3/c1-2-21-15-9-7-14(8-10-15)18-16(20)17-13-5-3-12(11-19)4-6-13/h7-10,12-13,19H,2-6,11H2,1H3,(H2,17,18,20). The average molecular weight is 292 g/mol. The van der Waals surface area contributed by atoms with Crippen LogP contribution in [0.25, 0.3) is 0 Å². The highest BCUT2D eigenvalue weighted by atomic mass is 16.5. The summed E-state index contributed by atoms with van der Waals surface area (Å²) in [5.41, 5.74) is 0.750. The molecule has 0 radical (unpaired) electrons. The summed E-state index contributed by atoms with van der Waals surface area (Å²) in [5.74, 6) is 1.20. The number of urea groups is 1. The highest BCUT2D eigenvalue weighted by molar-refractivity contribution is 5.89. The van der Waals surface area contributed by atoms with E-state index in [1.807, 2.05) is 31.2 Å². The van der Waals surface area contributed by atoms with E-state index in [1.54, 1.807) is 0 Å². The maximum Gasteiger partial charge on any atom is 0.319 e. The van der Waals surface area contributed by atoms with Crippen molar-refractivity contribution in [3.8, 4) is 5.75 Å². The minimum Gasteiger partial charge on any atom is -0.494 e. The van der Waals surface area contributed by atoms with Gasteiger partial charge < -0.3 is 20.5 Å². The number of anilines is 1. The molecule has 1 aromatic rings. The van der Waals surface area contributed by atoms with Crippen molar-refractivity contribution in [3.63, 3.8) is 0 Å². The Morgan fingerprint density at radius 1 is 1.24 bits per heavy atom. The predicted octanol–water partition coefficient (Wildman–Crippen LogP) is 2.76. The van der Waals surface area contributed by atoms with Crippen LogP contribution in [0.3, 0.4) is 0 Å². The van der Waals surface area contributed by atoms with Crippen molar-refractivity contribution in [2.24, 2.45) is 5.92 Å². The first kappa shape index (κ1) is 15.6. The zero-order chi connectivity index (χ0) is 15.1. The lowest BCUT2D eigenvalue weighted by Crippen LogP contribution is -2.40. The fraction of sp³-hybridized carbons (Fsp3) is 0.562. The number of carbonyl (C=O) groups is 1. The van der Waals surface area contributed by atoms with Crippen molar-refractivity contribution in [3.05, 3.63) is 24.3 Å². The Morgan fingerprint density at radius 2 is 1.90 bits per heavy atom. The molecule has 3 N–H and O–H groups in total. The fourth-order valence-corrected chi connectivity index (χ4v) is 2.64. The number of rotatable bonds is 5. The van der Waals surface area contributed by atoms with Gasteiger partial charge in [0.25, 0.3) is 0 Å². The molecular weight excluding hydrogens is 268 g/mol. The lowest BCUT2D eigenvalue weighted by Gasteiger charge is -2.27. The molecule has 0 heterocycles. The van der Waals surface area contributed by atoms with Gasteiger partial charge in [0.2, 0.25) is 0 Å².